The van der Waals surface area contributed by atoms with E-state index in [1.54, 1.807) is 0 Å². The first kappa shape index (κ1) is 19.8. The van der Waals surface area contributed by atoms with Crippen molar-refractivity contribution in [2.45, 2.75) is 20.4 Å². The monoisotopic (exact) mass is 414 g/mol. The number of anilines is 1. The first-order valence-electron chi connectivity index (χ1n) is 9.66. The van der Waals surface area contributed by atoms with Crippen molar-refractivity contribution in [1.82, 2.24) is 4.57 Å². The van der Waals surface area contributed by atoms with Gasteiger partial charge >= 0.3 is 0 Å². The number of azo groups is 1. The molecule has 0 fully saturated rings. The number of thiocarbonyl (C=S) groups is 1. The molecular weight excluding hydrogens is 392 g/mol. The first-order valence-corrected chi connectivity index (χ1v) is 10.1. The molecule has 0 amide bonds. The fraction of sp³-hybridized carbons (Fsp3) is 0.125. The molecule has 0 spiro atoms. The van der Waals surface area contributed by atoms with Gasteiger partial charge in [0, 0.05) is 11.1 Å². The first-order chi connectivity index (χ1) is 14.5. The second kappa shape index (κ2) is 8.47. The van der Waals surface area contributed by atoms with Crippen LogP contribution in [0.3, 0.4) is 0 Å². The molecule has 1 aromatic heterocycles. The Morgan fingerprint density at radius 1 is 0.967 bits per heavy atom. The van der Waals surface area contributed by atoms with E-state index in [-0.39, 0.29) is 11.0 Å². The molecular formula is C24H22N4OS. The summed E-state index contributed by atoms with van der Waals surface area (Å²) in [5.74, 6) is 0.0693. The van der Waals surface area contributed by atoms with Gasteiger partial charge in [0.25, 0.3) is 0 Å². The molecule has 0 unspecified atom stereocenters. The third-order valence-electron chi connectivity index (χ3n) is 4.85. The lowest BCUT2D eigenvalue weighted by molar-refractivity contribution is 0.429. The van der Waals surface area contributed by atoms with Crippen LogP contribution in [0.4, 0.5) is 11.4 Å². The van der Waals surface area contributed by atoms with Gasteiger partial charge in [0.1, 0.15) is 0 Å². The van der Waals surface area contributed by atoms with Crippen molar-refractivity contribution >= 4 is 39.6 Å². The number of nitrogens with zero attached hydrogens (tertiary/aromatic N) is 3. The van der Waals surface area contributed by atoms with Gasteiger partial charge < -0.3 is 15.0 Å². The van der Waals surface area contributed by atoms with E-state index in [1.165, 1.54) is 5.56 Å². The Morgan fingerprint density at radius 3 is 2.47 bits per heavy atom. The largest absolute Gasteiger partial charge is 0.493 e. The molecule has 2 N–H and O–H groups in total. The zero-order valence-corrected chi connectivity index (χ0v) is 17.6. The van der Waals surface area contributed by atoms with Crippen molar-refractivity contribution < 1.29 is 5.11 Å². The maximum atomic E-state index is 10.9. The molecule has 6 heteroatoms. The number of para-hydroxylation sites is 1. The summed E-state index contributed by atoms with van der Waals surface area (Å²) in [7, 11) is 0. The summed E-state index contributed by atoms with van der Waals surface area (Å²) in [5, 5.41) is 23.5. The van der Waals surface area contributed by atoms with E-state index in [4.69, 9.17) is 12.2 Å². The molecule has 0 bridgehead atoms. The molecule has 0 atom stereocenters. The molecule has 0 radical (unpaired) electrons. The summed E-state index contributed by atoms with van der Waals surface area (Å²) < 4.78 is 1.84. The van der Waals surface area contributed by atoms with Crippen molar-refractivity contribution in [3.63, 3.8) is 0 Å². The fourth-order valence-corrected chi connectivity index (χ4v) is 3.65. The maximum absolute atomic E-state index is 10.9. The van der Waals surface area contributed by atoms with Gasteiger partial charge in [-0.3, -0.25) is 0 Å². The number of aromatic hydroxyl groups is 1. The van der Waals surface area contributed by atoms with Crippen LogP contribution in [0.15, 0.2) is 83.0 Å². The lowest BCUT2D eigenvalue weighted by Gasteiger charge is -2.08. The highest BCUT2D eigenvalue weighted by molar-refractivity contribution is 7.80. The SMILES string of the molecule is Cc1cccc(Cn2c(O)c(N=NC(=S)Nc3cccc(C)c3)c3ccccc32)c1. The predicted octanol–water partition coefficient (Wildman–Crippen LogP) is 6.49. The van der Waals surface area contributed by atoms with E-state index in [0.29, 0.717) is 12.2 Å². The maximum Gasteiger partial charge on any atom is 0.221 e. The lowest BCUT2D eigenvalue weighted by atomic mass is 10.1. The van der Waals surface area contributed by atoms with Crippen LogP contribution in [0.25, 0.3) is 10.9 Å². The van der Waals surface area contributed by atoms with E-state index in [1.807, 2.05) is 72.2 Å². The Kier molecular flexibility index (Phi) is 5.59. The number of rotatable bonds is 4. The molecule has 0 aliphatic rings. The smallest absolute Gasteiger partial charge is 0.221 e. The highest BCUT2D eigenvalue weighted by Crippen LogP contribution is 2.39. The summed E-state index contributed by atoms with van der Waals surface area (Å²) in [4.78, 5) is 0. The van der Waals surface area contributed by atoms with Crippen LogP contribution in [-0.4, -0.2) is 14.8 Å². The topological polar surface area (TPSA) is 61.9 Å². The Morgan fingerprint density at radius 2 is 1.70 bits per heavy atom. The van der Waals surface area contributed by atoms with Crippen LogP contribution in [-0.2, 0) is 6.54 Å². The summed E-state index contributed by atoms with van der Waals surface area (Å²) in [5.41, 5.74) is 5.55. The number of aryl methyl sites for hydroxylation is 2. The van der Waals surface area contributed by atoms with E-state index >= 15 is 0 Å². The average Bonchev–Trinajstić information content (AvgIpc) is 2.98. The number of hydrogen-bond donors (Lipinski definition) is 2. The summed E-state index contributed by atoms with van der Waals surface area (Å²) in [6.07, 6.45) is 0. The molecule has 0 saturated heterocycles. The number of fused-ring (bicyclic) bond motifs is 1. The minimum Gasteiger partial charge on any atom is -0.493 e. The number of hydrogen-bond acceptors (Lipinski definition) is 3. The average molecular weight is 415 g/mol. The Balaban J connectivity index is 1.65. The number of nitrogens with one attached hydrogen (secondary N) is 1. The van der Waals surface area contributed by atoms with Gasteiger partial charge in [-0.2, -0.15) is 0 Å². The van der Waals surface area contributed by atoms with Gasteiger partial charge in [-0.25, -0.2) is 0 Å². The standard InChI is InChI=1S/C24H22N4OS/c1-16-7-5-9-18(13-16)15-28-21-12-4-3-11-20(21)22(23(28)29)26-27-24(30)25-19-10-6-8-17(2)14-19/h3-14,29H,15H2,1-2H3,(H,25,30). The molecule has 0 aliphatic carbocycles. The van der Waals surface area contributed by atoms with Crippen LogP contribution in [0.1, 0.15) is 16.7 Å². The van der Waals surface area contributed by atoms with Crippen LogP contribution in [0.2, 0.25) is 0 Å². The quantitative estimate of drug-likeness (QED) is 0.296. The van der Waals surface area contributed by atoms with Crippen molar-refractivity contribution in [1.29, 1.82) is 0 Å². The normalized spacial score (nSPS) is 11.3. The Hall–Kier alpha value is -3.51. The molecule has 0 aliphatic heterocycles. The fourth-order valence-electron chi connectivity index (χ4n) is 3.49. The summed E-state index contributed by atoms with van der Waals surface area (Å²) in [6, 6.07) is 23.8. The van der Waals surface area contributed by atoms with Crippen LogP contribution in [0, 0.1) is 13.8 Å². The Labute approximate surface area is 180 Å². The van der Waals surface area contributed by atoms with Gasteiger partial charge in [0.15, 0.2) is 5.69 Å². The van der Waals surface area contributed by atoms with Crippen LogP contribution < -0.4 is 5.32 Å². The van der Waals surface area contributed by atoms with Gasteiger partial charge in [0.2, 0.25) is 11.0 Å². The molecule has 4 aromatic rings. The number of benzene rings is 3. The zero-order chi connectivity index (χ0) is 21.1. The highest BCUT2D eigenvalue weighted by Gasteiger charge is 2.16. The van der Waals surface area contributed by atoms with Gasteiger partial charge in [-0.15, -0.1) is 10.2 Å². The molecule has 4 rings (SSSR count). The van der Waals surface area contributed by atoms with E-state index in [0.717, 1.165) is 27.7 Å². The van der Waals surface area contributed by atoms with Crippen molar-refractivity contribution in [3.8, 4) is 5.88 Å². The summed E-state index contributed by atoms with van der Waals surface area (Å²) >= 11 is 5.31. The van der Waals surface area contributed by atoms with Gasteiger partial charge in [-0.05, 0) is 55.4 Å². The van der Waals surface area contributed by atoms with Gasteiger partial charge in [-0.1, -0.05) is 60.2 Å². The Bertz CT molecular complexity index is 1260. The van der Waals surface area contributed by atoms with Crippen LogP contribution in [0.5, 0.6) is 5.88 Å². The van der Waals surface area contributed by atoms with Gasteiger partial charge in [0.05, 0.1) is 12.1 Å². The lowest BCUT2D eigenvalue weighted by Crippen LogP contribution is -2.04. The molecule has 3 aromatic carbocycles. The van der Waals surface area contributed by atoms with Crippen molar-refractivity contribution in [2.24, 2.45) is 10.2 Å². The van der Waals surface area contributed by atoms with E-state index in [2.05, 4.69) is 34.6 Å². The molecule has 0 saturated carbocycles. The van der Waals surface area contributed by atoms with Crippen LogP contribution >= 0.6 is 12.2 Å². The van der Waals surface area contributed by atoms with E-state index in [9.17, 15) is 5.11 Å². The predicted molar refractivity (Wildman–Crippen MR) is 126 cm³/mol. The van der Waals surface area contributed by atoms with Crippen molar-refractivity contribution in [2.75, 3.05) is 5.32 Å². The zero-order valence-electron chi connectivity index (χ0n) is 16.8. The minimum atomic E-state index is 0.0693. The minimum absolute atomic E-state index is 0.0693. The summed E-state index contributed by atoms with van der Waals surface area (Å²) in [6.45, 7) is 4.60. The third kappa shape index (κ3) is 4.23. The second-order valence-electron chi connectivity index (χ2n) is 7.26. The molecule has 30 heavy (non-hydrogen) atoms. The van der Waals surface area contributed by atoms with E-state index < -0.39 is 0 Å². The highest BCUT2D eigenvalue weighted by atomic mass is 32.1. The second-order valence-corrected chi connectivity index (χ2v) is 7.65. The molecule has 1 heterocycles. The molecule has 150 valence electrons. The third-order valence-corrected chi connectivity index (χ3v) is 5.03. The number of aromatic nitrogens is 1. The molecule has 5 nitrogen and oxygen atoms in total. The van der Waals surface area contributed by atoms with Crippen molar-refractivity contribution in [3.05, 3.63) is 89.5 Å².